The summed E-state index contributed by atoms with van der Waals surface area (Å²) >= 11 is 0. The van der Waals surface area contributed by atoms with Gasteiger partial charge in [0.2, 0.25) is 0 Å². The van der Waals surface area contributed by atoms with Crippen molar-refractivity contribution in [1.82, 2.24) is 0 Å². The van der Waals surface area contributed by atoms with E-state index in [0.717, 1.165) is 17.0 Å². The summed E-state index contributed by atoms with van der Waals surface area (Å²) in [6, 6.07) is 3.86. The highest BCUT2D eigenvalue weighted by atomic mass is 28.3. The zero-order valence-electron chi connectivity index (χ0n) is 11.6. The van der Waals surface area contributed by atoms with Gasteiger partial charge in [-0.15, -0.1) is 0 Å². The number of phenols is 1. The van der Waals surface area contributed by atoms with E-state index in [0.29, 0.717) is 5.56 Å². The SMILES string of the molecule is CC(C)(C)c1cc(C=O)c(O)c([Si](C)(C)C)c1. The highest BCUT2D eigenvalue weighted by Crippen LogP contribution is 2.27. The van der Waals surface area contributed by atoms with Crippen LogP contribution in [0.4, 0.5) is 0 Å². The van der Waals surface area contributed by atoms with Crippen LogP contribution in [0.15, 0.2) is 12.1 Å². The third-order valence-corrected chi connectivity index (χ3v) is 4.94. The zero-order valence-corrected chi connectivity index (χ0v) is 12.6. The molecule has 0 aliphatic heterocycles. The van der Waals surface area contributed by atoms with Crippen molar-refractivity contribution in [2.45, 2.75) is 45.8 Å². The van der Waals surface area contributed by atoms with Crippen LogP contribution in [0, 0.1) is 0 Å². The number of carbonyl (C=O) groups excluding carboxylic acids is 1. The summed E-state index contributed by atoms with van der Waals surface area (Å²) in [7, 11) is -1.64. The van der Waals surface area contributed by atoms with Gasteiger partial charge in [-0.1, -0.05) is 46.5 Å². The molecule has 0 saturated heterocycles. The van der Waals surface area contributed by atoms with Crippen LogP contribution < -0.4 is 5.19 Å². The van der Waals surface area contributed by atoms with Gasteiger partial charge in [0, 0.05) is 0 Å². The molecule has 1 aromatic rings. The second-order valence-corrected chi connectivity index (χ2v) is 11.6. The quantitative estimate of drug-likeness (QED) is 0.647. The fraction of sp³-hybridized carbons (Fsp3) is 0.500. The molecule has 0 radical (unpaired) electrons. The van der Waals surface area contributed by atoms with Crippen LogP contribution in [0.1, 0.15) is 36.7 Å². The van der Waals surface area contributed by atoms with Gasteiger partial charge in [0.25, 0.3) is 0 Å². The molecule has 17 heavy (non-hydrogen) atoms. The lowest BCUT2D eigenvalue weighted by molar-refractivity contribution is 0.112. The van der Waals surface area contributed by atoms with E-state index >= 15 is 0 Å². The average Bonchev–Trinajstić information content (AvgIpc) is 2.14. The normalized spacial score (nSPS) is 12.6. The first kappa shape index (κ1) is 14.0. The van der Waals surface area contributed by atoms with E-state index in [1.807, 2.05) is 0 Å². The Morgan fingerprint density at radius 3 is 2.06 bits per heavy atom. The summed E-state index contributed by atoms with van der Waals surface area (Å²) in [6.07, 6.45) is 0.744. The Morgan fingerprint density at radius 2 is 1.71 bits per heavy atom. The molecular formula is C14H22O2Si. The van der Waals surface area contributed by atoms with Gasteiger partial charge < -0.3 is 5.11 Å². The molecule has 1 rings (SSSR count). The largest absolute Gasteiger partial charge is 0.507 e. The van der Waals surface area contributed by atoms with Gasteiger partial charge in [0.15, 0.2) is 6.29 Å². The van der Waals surface area contributed by atoms with Crippen LogP contribution in [0.25, 0.3) is 0 Å². The van der Waals surface area contributed by atoms with E-state index in [1.165, 1.54) is 0 Å². The number of benzene rings is 1. The van der Waals surface area contributed by atoms with Crippen LogP contribution in [-0.2, 0) is 5.41 Å². The van der Waals surface area contributed by atoms with E-state index in [2.05, 4.69) is 46.5 Å². The van der Waals surface area contributed by atoms with Gasteiger partial charge in [-0.05, 0) is 22.2 Å². The number of phenolic OH excluding ortho intramolecular Hbond substituents is 1. The molecular weight excluding hydrogens is 228 g/mol. The van der Waals surface area contributed by atoms with E-state index < -0.39 is 8.07 Å². The first-order valence-corrected chi connectivity index (χ1v) is 9.40. The van der Waals surface area contributed by atoms with Gasteiger partial charge in [0.05, 0.1) is 13.6 Å². The highest BCUT2D eigenvalue weighted by molar-refractivity contribution is 6.89. The van der Waals surface area contributed by atoms with Crippen molar-refractivity contribution in [2.24, 2.45) is 0 Å². The van der Waals surface area contributed by atoms with Crippen LogP contribution in [0.3, 0.4) is 0 Å². The third kappa shape index (κ3) is 2.97. The van der Waals surface area contributed by atoms with Gasteiger partial charge in [-0.3, -0.25) is 4.79 Å². The monoisotopic (exact) mass is 250 g/mol. The van der Waals surface area contributed by atoms with E-state index in [9.17, 15) is 9.90 Å². The molecule has 0 fully saturated rings. The van der Waals surface area contributed by atoms with Crippen molar-refractivity contribution < 1.29 is 9.90 Å². The highest BCUT2D eigenvalue weighted by Gasteiger charge is 2.25. The molecule has 0 saturated carbocycles. The maximum Gasteiger partial charge on any atom is 0.153 e. The van der Waals surface area contributed by atoms with Crippen molar-refractivity contribution in [2.75, 3.05) is 0 Å². The molecule has 0 atom stereocenters. The topological polar surface area (TPSA) is 37.3 Å². The Labute approximate surface area is 105 Å². The summed E-state index contributed by atoms with van der Waals surface area (Å²) in [5.41, 5.74) is 1.50. The summed E-state index contributed by atoms with van der Waals surface area (Å²) in [5.74, 6) is 0.173. The second-order valence-electron chi connectivity index (χ2n) is 6.58. The Morgan fingerprint density at radius 1 is 1.18 bits per heavy atom. The number of rotatable bonds is 2. The molecule has 0 heterocycles. The van der Waals surface area contributed by atoms with E-state index in [1.54, 1.807) is 6.07 Å². The first-order valence-electron chi connectivity index (χ1n) is 5.90. The lowest BCUT2D eigenvalue weighted by Gasteiger charge is -2.25. The molecule has 94 valence electrons. The van der Waals surface area contributed by atoms with Crippen LogP contribution in [-0.4, -0.2) is 19.5 Å². The summed E-state index contributed by atoms with van der Waals surface area (Å²) in [5, 5.41) is 11.1. The lowest BCUT2D eigenvalue weighted by Crippen LogP contribution is -2.39. The minimum atomic E-state index is -1.64. The molecule has 0 unspecified atom stereocenters. The Kier molecular flexibility index (Phi) is 3.53. The van der Waals surface area contributed by atoms with E-state index in [4.69, 9.17) is 0 Å². The standard InChI is InChI=1S/C14H22O2Si/c1-14(2,3)11-7-10(9-15)13(16)12(8-11)17(4,5)6/h7-9,16H,1-6H3. The van der Waals surface area contributed by atoms with Crippen molar-refractivity contribution in [3.63, 3.8) is 0 Å². The van der Waals surface area contributed by atoms with Crippen LogP contribution in [0.5, 0.6) is 5.75 Å². The fourth-order valence-corrected chi connectivity index (χ4v) is 3.19. The summed E-state index contributed by atoms with van der Waals surface area (Å²) < 4.78 is 0. The third-order valence-electron chi connectivity index (χ3n) is 2.94. The van der Waals surface area contributed by atoms with Gasteiger partial charge in [-0.2, -0.15) is 0 Å². The predicted octanol–water partition coefficient (Wildman–Crippen LogP) is 3.05. The Balaban J connectivity index is 3.56. The van der Waals surface area contributed by atoms with Crippen molar-refractivity contribution in [3.05, 3.63) is 23.3 Å². The van der Waals surface area contributed by atoms with E-state index in [-0.39, 0.29) is 11.2 Å². The lowest BCUT2D eigenvalue weighted by atomic mass is 9.86. The number of aromatic hydroxyl groups is 1. The Bertz CT molecular complexity index is 437. The summed E-state index contributed by atoms with van der Waals surface area (Å²) in [4.78, 5) is 11.0. The molecule has 0 aliphatic carbocycles. The van der Waals surface area contributed by atoms with Gasteiger partial charge >= 0.3 is 0 Å². The maximum atomic E-state index is 11.0. The molecule has 3 heteroatoms. The van der Waals surface area contributed by atoms with Gasteiger partial charge in [-0.25, -0.2) is 0 Å². The molecule has 0 bridgehead atoms. The average molecular weight is 250 g/mol. The number of aldehydes is 1. The minimum absolute atomic E-state index is 0.0140. The van der Waals surface area contributed by atoms with Crippen LogP contribution >= 0.6 is 0 Å². The maximum absolute atomic E-state index is 11.0. The minimum Gasteiger partial charge on any atom is -0.507 e. The van der Waals surface area contributed by atoms with Crippen molar-refractivity contribution in [3.8, 4) is 5.75 Å². The molecule has 0 aromatic heterocycles. The number of hydrogen-bond donors (Lipinski definition) is 1. The molecule has 2 nitrogen and oxygen atoms in total. The van der Waals surface area contributed by atoms with Crippen LogP contribution in [0.2, 0.25) is 19.6 Å². The Hall–Kier alpha value is -1.09. The molecule has 0 amide bonds. The van der Waals surface area contributed by atoms with Crippen molar-refractivity contribution in [1.29, 1.82) is 0 Å². The predicted molar refractivity (Wildman–Crippen MR) is 75.2 cm³/mol. The number of carbonyl (C=O) groups is 1. The fourth-order valence-electron chi connectivity index (χ4n) is 1.75. The van der Waals surface area contributed by atoms with Crippen molar-refractivity contribution >= 4 is 19.5 Å². The molecule has 0 aliphatic rings. The molecule has 0 spiro atoms. The number of hydrogen-bond acceptors (Lipinski definition) is 2. The molecule has 1 N–H and O–H groups in total. The second kappa shape index (κ2) is 4.30. The zero-order chi connectivity index (χ0) is 13.4. The van der Waals surface area contributed by atoms with Gasteiger partial charge in [0.1, 0.15) is 5.75 Å². The first-order chi connectivity index (χ1) is 7.57. The molecule has 1 aromatic carbocycles. The smallest absolute Gasteiger partial charge is 0.153 e. The summed E-state index contributed by atoms with van der Waals surface area (Å²) in [6.45, 7) is 12.8.